The maximum atomic E-state index is 15.1. The number of nitrogens with one attached hydrogen (secondary N) is 3. The van der Waals surface area contributed by atoms with E-state index in [0.29, 0.717) is 28.2 Å². The summed E-state index contributed by atoms with van der Waals surface area (Å²) in [5, 5.41) is 13.2. The molecular weight excluding hydrogens is 439 g/mol. The van der Waals surface area contributed by atoms with Gasteiger partial charge >= 0.3 is 10.2 Å². The van der Waals surface area contributed by atoms with E-state index in [4.69, 9.17) is 0 Å². The third-order valence-electron chi connectivity index (χ3n) is 4.82. The number of carbonyl (C=O) groups excluding carboxylic acids is 1. The molecular formula is C17H19FN4O6S2. The molecule has 1 saturated heterocycles. The molecule has 2 aromatic carbocycles. The van der Waals surface area contributed by atoms with Gasteiger partial charge in [-0.25, -0.2) is 26.6 Å². The molecule has 0 radical (unpaired) electrons. The molecule has 2 aliphatic rings. The van der Waals surface area contributed by atoms with Crippen molar-refractivity contribution in [1.29, 1.82) is 0 Å². The van der Waals surface area contributed by atoms with Crippen LogP contribution in [0, 0.1) is 5.82 Å². The highest BCUT2D eigenvalue weighted by Crippen LogP contribution is 2.39. The maximum absolute atomic E-state index is 15.1. The van der Waals surface area contributed by atoms with Crippen molar-refractivity contribution < 1.29 is 31.1 Å². The minimum absolute atomic E-state index is 0.0286. The van der Waals surface area contributed by atoms with Gasteiger partial charge in [-0.3, -0.25) is 4.79 Å². The lowest BCUT2D eigenvalue weighted by Crippen LogP contribution is -2.31. The Hall–Kier alpha value is -2.64. The summed E-state index contributed by atoms with van der Waals surface area (Å²) in [6, 6.07) is 5.77. The van der Waals surface area contributed by atoms with Crippen molar-refractivity contribution in [2.75, 3.05) is 29.3 Å². The van der Waals surface area contributed by atoms with Gasteiger partial charge in [0, 0.05) is 24.2 Å². The Labute approximate surface area is 172 Å². The minimum Gasteiger partial charge on any atom is -0.506 e. The Morgan fingerprint density at radius 3 is 2.60 bits per heavy atom. The van der Waals surface area contributed by atoms with Crippen LogP contribution in [-0.4, -0.2) is 52.7 Å². The van der Waals surface area contributed by atoms with Gasteiger partial charge in [-0.1, -0.05) is 6.07 Å². The first-order valence-corrected chi connectivity index (χ1v) is 12.1. The van der Waals surface area contributed by atoms with Gasteiger partial charge < -0.3 is 10.4 Å². The summed E-state index contributed by atoms with van der Waals surface area (Å²) in [4.78, 5) is 11.5. The number of amides is 1. The lowest BCUT2D eigenvalue weighted by molar-refractivity contribution is -0.117. The molecule has 1 aliphatic carbocycles. The Kier molecular flexibility index (Phi) is 4.98. The second kappa shape index (κ2) is 7.25. The molecule has 162 valence electrons. The molecule has 0 bridgehead atoms. The second-order valence-corrected chi connectivity index (χ2v) is 10.7. The van der Waals surface area contributed by atoms with Crippen LogP contribution in [0.1, 0.15) is 12.8 Å². The van der Waals surface area contributed by atoms with Crippen LogP contribution < -0.4 is 19.1 Å². The molecule has 0 spiro atoms. The van der Waals surface area contributed by atoms with E-state index in [-0.39, 0.29) is 23.7 Å². The van der Waals surface area contributed by atoms with Crippen LogP contribution in [0.4, 0.5) is 15.8 Å². The number of carbonyl (C=O) groups is 1. The molecule has 0 aromatic heterocycles. The van der Waals surface area contributed by atoms with Crippen LogP contribution in [0.25, 0.3) is 10.8 Å². The summed E-state index contributed by atoms with van der Waals surface area (Å²) in [6.45, 7) is -0.236. The summed E-state index contributed by atoms with van der Waals surface area (Å²) in [7, 11) is -7.59. The van der Waals surface area contributed by atoms with E-state index in [9.17, 15) is 26.7 Å². The monoisotopic (exact) mass is 458 g/mol. The summed E-state index contributed by atoms with van der Waals surface area (Å²) >= 11 is 0. The molecule has 1 aliphatic heterocycles. The topological polar surface area (TPSA) is 145 Å². The smallest absolute Gasteiger partial charge is 0.326 e. The summed E-state index contributed by atoms with van der Waals surface area (Å²) in [5.74, 6) is -2.45. The zero-order valence-electron chi connectivity index (χ0n) is 15.6. The Bertz CT molecular complexity index is 1240. The van der Waals surface area contributed by atoms with Crippen molar-refractivity contribution in [1.82, 2.24) is 9.44 Å². The number of rotatable bonds is 7. The Morgan fingerprint density at radius 2 is 1.97 bits per heavy atom. The average Bonchev–Trinajstić information content (AvgIpc) is 3.46. The van der Waals surface area contributed by atoms with E-state index in [1.807, 2.05) is 0 Å². The molecule has 1 heterocycles. The number of phenols is 1. The number of benzene rings is 2. The number of anilines is 2. The largest absolute Gasteiger partial charge is 0.506 e. The van der Waals surface area contributed by atoms with E-state index in [2.05, 4.69) is 10.0 Å². The molecule has 1 amide bonds. The minimum atomic E-state index is -4.29. The van der Waals surface area contributed by atoms with Crippen molar-refractivity contribution in [2.45, 2.75) is 18.1 Å². The van der Waals surface area contributed by atoms with Crippen LogP contribution in [-0.2, 0) is 25.0 Å². The Morgan fingerprint density at radius 1 is 1.23 bits per heavy atom. The lowest BCUT2D eigenvalue weighted by Gasteiger charge is -2.18. The molecule has 2 aromatic rings. The predicted octanol–water partition coefficient (Wildman–Crippen LogP) is 0.359. The molecule has 10 nitrogen and oxygen atoms in total. The van der Waals surface area contributed by atoms with Crippen molar-refractivity contribution in [3.8, 4) is 5.75 Å². The number of hydrogen-bond donors (Lipinski definition) is 4. The van der Waals surface area contributed by atoms with E-state index >= 15 is 4.39 Å². The summed E-state index contributed by atoms with van der Waals surface area (Å²) in [6.07, 6.45) is 1.32. The van der Waals surface area contributed by atoms with Crippen molar-refractivity contribution in [3.05, 3.63) is 30.1 Å². The predicted molar refractivity (Wildman–Crippen MR) is 108 cm³/mol. The molecule has 0 unspecified atom stereocenters. The van der Waals surface area contributed by atoms with E-state index in [1.54, 1.807) is 10.8 Å². The van der Waals surface area contributed by atoms with Gasteiger partial charge in [-0.15, -0.1) is 0 Å². The first-order chi connectivity index (χ1) is 14.1. The third kappa shape index (κ3) is 3.87. The molecule has 2 fully saturated rings. The molecule has 30 heavy (non-hydrogen) atoms. The van der Waals surface area contributed by atoms with Gasteiger partial charge in [0.15, 0.2) is 5.82 Å². The number of fused-ring (bicyclic) bond motifs is 1. The first-order valence-electron chi connectivity index (χ1n) is 9.09. The van der Waals surface area contributed by atoms with Gasteiger partial charge in [-0.05, 0) is 36.4 Å². The fraction of sp³-hybridized carbons (Fsp3) is 0.353. The number of aromatic hydroxyl groups is 1. The maximum Gasteiger partial charge on any atom is 0.326 e. The standard InChI is InChI=1S/C17H19FN4O6S2/c18-16-13-8-11(19-5-6-20-29(25,26)12-3-4-12)2-1-10(13)7-14(23)17(16)22-9-15(24)21-30(22,27)28/h1-2,7-8,12,19-20,23H,3-6,9H2,(H,21,24). The van der Waals surface area contributed by atoms with E-state index < -0.39 is 49.9 Å². The number of halogens is 1. The Balaban J connectivity index is 1.57. The second-order valence-electron chi connectivity index (χ2n) is 7.10. The highest BCUT2D eigenvalue weighted by atomic mass is 32.2. The van der Waals surface area contributed by atoms with Gasteiger partial charge in [0.1, 0.15) is 18.0 Å². The van der Waals surface area contributed by atoms with Crippen molar-refractivity contribution in [2.24, 2.45) is 0 Å². The van der Waals surface area contributed by atoms with Crippen LogP contribution >= 0.6 is 0 Å². The third-order valence-corrected chi connectivity index (χ3v) is 8.16. The molecule has 4 rings (SSSR count). The fourth-order valence-corrected chi connectivity index (χ4v) is 5.76. The number of sulfonamides is 1. The normalized spacial score (nSPS) is 18.6. The molecule has 0 atom stereocenters. The van der Waals surface area contributed by atoms with E-state index in [1.165, 1.54) is 18.2 Å². The van der Waals surface area contributed by atoms with Gasteiger partial charge in [-0.2, -0.15) is 8.42 Å². The van der Waals surface area contributed by atoms with Crippen molar-refractivity contribution in [3.63, 3.8) is 0 Å². The molecule has 4 N–H and O–H groups in total. The lowest BCUT2D eigenvalue weighted by atomic mass is 10.1. The van der Waals surface area contributed by atoms with Crippen LogP contribution in [0.15, 0.2) is 24.3 Å². The fourth-order valence-electron chi connectivity index (χ4n) is 3.22. The highest BCUT2D eigenvalue weighted by Gasteiger charge is 2.38. The van der Waals surface area contributed by atoms with Crippen LogP contribution in [0.3, 0.4) is 0 Å². The van der Waals surface area contributed by atoms with Crippen LogP contribution in [0.2, 0.25) is 0 Å². The van der Waals surface area contributed by atoms with Gasteiger partial charge in [0.25, 0.3) is 5.91 Å². The zero-order valence-corrected chi connectivity index (χ0v) is 17.2. The van der Waals surface area contributed by atoms with Gasteiger partial charge in [0.2, 0.25) is 10.0 Å². The average molecular weight is 458 g/mol. The molecule has 13 heteroatoms. The van der Waals surface area contributed by atoms with Crippen molar-refractivity contribution >= 4 is 48.3 Å². The first kappa shape index (κ1) is 20.6. The van der Waals surface area contributed by atoms with E-state index in [0.717, 1.165) is 0 Å². The number of phenolic OH excluding ortho intramolecular Hbond substituents is 1. The summed E-state index contributed by atoms with van der Waals surface area (Å²) < 4.78 is 67.5. The van der Waals surface area contributed by atoms with Crippen LogP contribution in [0.5, 0.6) is 5.75 Å². The highest BCUT2D eigenvalue weighted by molar-refractivity contribution is 7.92. The van der Waals surface area contributed by atoms with Gasteiger partial charge in [0.05, 0.1) is 5.25 Å². The number of nitrogens with zero attached hydrogens (tertiary/aromatic N) is 1. The molecule has 1 saturated carbocycles. The zero-order chi connectivity index (χ0) is 21.7. The SMILES string of the molecule is O=C1CN(c2c(O)cc3ccc(NCCNS(=O)(=O)C4CC4)cc3c2F)S(=O)(=O)N1. The summed E-state index contributed by atoms with van der Waals surface area (Å²) in [5.41, 5.74) is -0.141. The number of hydrogen-bond acceptors (Lipinski definition) is 7. The quantitative estimate of drug-likeness (QED) is 0.438.